The Balaban J connectivity index is 1.34. The topological polar surface area (TPSA) is 98.7 Å². The zero-order chi connectivity index (χ0) is 23.6. The number of benzene rings is 1. The summed E-state index contributed by atoms with van der Waals surface area (Å²) in [5.41, 5.74) is -1.11. The number of nitro groups is 1. The molecule has 1 aliphatic heterocycles. The Kier molecular flexibility index (Phi) is 6.36. The molecule has 0 saturated carbocycles. The maximum Gasteiger partial charge on any atom is 0.416 e. The molecule has 1 saturated heterocycles. The summed E-state index contributed by atoms with van der Waals surface area (Å²) < 4.78 is 49.5. The highest BCUT2D eigenvalue weighted by Gasteiger charge is 2.35. The first-order valence-electron chi connectivity index (χ1n) is 9.98. The highest BCUT2D eigenvalue weighted by molar-refractivity contribution is 7.13. The van der Waals surface area contributed by atoms with Gasteiger partial charge in [-0.2, -0.15) is 13.2 Å². The number of nitro benzene ring substituents is 1. The van der Waals surface area contributed by atoms with Crippen LogP contribution in [0.1, 0.15) is 24.1 Å². The number of ether oxygens (including phenoxy) is 1. The molecule has 174 valence electrons. The van der Waals surface area contributed by atoms with Crippen molar-refractivity contribution in [2.24, 2.45) is 5.92 Å². The Hall–Kier alpha value is -3.41. The van der Waals surface area contributed by atoms with Crippen molar-refractivity contribution in [3.63, 3.8) is 0 Å². The lowest BCUT2D eigenvalue weighted by molar-refractivity contribution is -0.384. The average molecular weight is 481 g/mol. The molecule has 0 amide bonds. The number of nitrogens with zero attached hydrogens (tertiary/aromatic N) is 3. The van der Waals surface area contributed by atoms with Crippen molar-refractivity contribution >= 4 is 28.7 Å². The Morgan fingerprint density at radius 2 is 2.06 bits per heavy atom. The molecule has 0 spiro atoms. The summed E-state index contributed by atoms with van der Waals surface area (Å²) in [4.78, 5) is 29.7. The van der Waals surface area contributed by atoms with Gasteiger partial charge in [0.1, 0.15) is 24.3 Å². The van der Waals surface area contributed by atoms with Crippen LogP contribution in [0.15, 0.2) is 46.4 Å². The maximum atomic E-state index is 12.9. The number of rotatable bonds is 6. The van der Waals surface area contributed by atoms with E-state index >= 15 is 0 Å². The predicted molar refractivity (Wildman–Crippen MR) is 113 cm³/mol. The number of aromatic nitrogens is 1. The summed E-state index contributed by atoms with van der Waals surface area (Å²) in [6.07, 6.45) is -2.53. The number of anilines is 1. The zero-order valence-corrected chi connectivity index (χ0v) is 17.9. The number of oxazole rings is 1. The molecular formula is C21H18F3N3O5S. The molecule has 0 atom stereocenters. The third kappa shape index (κ3) is 5.16. The average Bonchev–Trinajstić information content (AvgIpc) is 3.48. The van der Waals surface area contributed by atoms with E-state index in [-0.39, 0.29) is 25.4 Å². The van der Waals surface area contributed by atoms with Crippen molar-refractivity contribution in [3.8, 4) is 10.8 Å². The molecule has 3 aromatic rings. The molecule has 12 heteroatoms. The molecule has 4 rings (SSSR count). The van der Waals surface area contributed by atoms with E-state index in [1.165, 1.54) is 17.6 Å². The standard InChI is InChI=1S/C21H18F3N3O5S/c22-21(23,24)14-3-4-16(17(10-14)27(29)30)26-7-5-13(6-8-26)20(28)32-12-15-11-31-19(25-15)18-2-1-9-33-18/h1-4,9-11,13H,5-8,12H2. The summed E-state index contributed by atoms with van der Waals surface area (Å²) in [5.74, 6) is -0.391. The lowest BCUT2D eigenvalue weighted by atomic mass is 9.96. The lowest BCUT2D eigenvalue weighted by Gasteiger charge is -2.32. The number of alkyl halides is 3. The normalized spacial score (nSPS) is 14.9. The lowest BCUT2D eigenvalue weighted by Crippen LogP contribution is -2.37. The van der Waals surface area contributed by atoms with Gasteiger partial charge in [0.15, 0.2) is 0 Å². The first-order valence-corrected chi connectivity index (χ1v) is 10.9. The Bertz CT molecular complexity index is 1140. The monoisotopic (exact) mass is 481 g/mol. The van der Waals surface area contributed by atoms with Gasteiger partial charge in [-0.05, 0) is 36.4 Å². The van der Waals surface area contributed by atoms with E-state index in [1.54, 1.807) is 4.90 Å². The van der Waals surface area contributed by atoms with Crippen LogP contribution in [0.4, 0.5) is 24.5 Å². The minimum Gasteiger partial charge on any atom is -0.459 e. The molecule has 0 radical (unpaired) electrons. The minimum absolute atomic E-state index is 0.0434. The molecule has 0 aliphatic carbocycles. The van der Waals surface area contributed by atoms with Gasteiger partial charge >= 0.3 is 12.1 Å². The van der Waals surface area contributed by atoms with Crippen LogP contribution in [-0.2, 0) is 22.3 Å². The van der Waals surface area contributed by atoms with E-state index in [9.17, 15) is 28.1 Å². The fourth-order valence-electron chi connectivity index (χ4n) is 3.62. The molecule has 1 aromatic carbocycles. The highest BCUT2D eigenvalue weighted by atomic mass is 32.1. The smallest absolute Gasteiger partial charge is 0.416 e. The Labute approximate surface area is 189 Å². The molecule has 33 heavy (non-hydrogen) atoms. The first-order chi connectivity index (χ1) is 15.7. The molecule has 0 bridgehead atoms. The molecule has 0 unspecified atom stereocenters. The number of halogens is 3. The van der Waals surface area contributed by atoms with Crippen LogP contribution < -0.4 is 4.90 Å². The largest absolute Gasteiger partial charge is 0.459 e. The Morgan fingerprint density at radius 1 is 1.30 bits per heavy atom. The van der Waals surface area contributed by atoms with E-state index in [1.807, 2.05) is 17.5 Å². The molecule has 1 fully saturated rings. The number of piperidine rings is 1. The van der Waals surface area contributed by atoms with Crippen LogP contribution >= 0.6 is 11.3 Å². The van der Waals surface area contributed by atoms with Gasteiger partial charge in [-0.1, -0.05) is 6.07 Å². The van der Waals surface area contributed by atoms with E-state index in [0.717, 1.165) is 17.0 Å². The van der Waals surface area contributed by atoms with Gasteiger partial charge in [0.05, 0.1) is 21.3 Å². The van der Waals surface area contributed by atoms with Crippen LogP contribution in [-0.4, -0.2) is 29.0 Å². The number of carbonyl (C=O) groups excluding carboxylic acids is 1. The molecule has 2 aromatic heterocycles. The van der Waals surface area contributed by atoms with Gasteiger partial charge in [-0.15, -0.1) is 11.3 Å². The second-order valence-corrected chi connectivity index (χ2v) is 8.40. The quantitative estimate of drug-likeness (QED) is 0.268. The number of hydrogen-bond acceptors (Lipinski definition) is 8. The van der Waals surface area contributed by atoms with Gasteiger partial charge in [-0.3, -0.25) is 14.9 Å². The second-order valence-electron chi connectivity index (χ2n) is 7.45. The summed E-state index contributed by atoms with van der Waals surface area (Å²) in [6, 6.07) is 6.20. The zero-order valence-electron chi connectivity index (χ0n) is 17.1. The van der Waals surface area contributed by atoms with Gasteiger partial charge < -0.3 is 14.1 Å². The Morgan fingerprint density at radius 3 is 2.70 bits per heavy atom. The summed E-state index contributed by atoms with van der Waals surface area (Å²) in [6.45, 7) is 0.509. The third-order valence-electron chi connectivity index (χ3n) is 5.31. The summed E-state index contributed by atoms with van der Waals surface area (Å²) in [5, 5.41) is 13.2. The van der Waals surface area contributed by atoms with Crippen molar-refractivity contribution in [3.05, 3.63) is 63.3 Å². The number of hydrogen-bond donors (Lipinski definition) is 0. The fourth-order valence-corrected chi connectivity index (χ4v) is 4.27. The molecule has 0 N–H and O–H groups in total. The summed E-state index contributed by atoms with van der Waals surface area (Å²) in [7, 11) is 0. The predicted octanol–water partition coefficient (Wildman–Crippen LogP) is 5.29. The van der Waals surface area contributed by atoms with Crippen molar-refractivity contribution in [1.29, 1.82) is 0 Å². The van der Waals surface area contributed by atoms with E-state index in [0.29, 0.717) is 30.5 Å². The van der Waals surface area contributed by atoms with Crippen LogP contribution in [0.2, 0.25) is 0 Å². The SMILES string of the molecule is O=C(OCc1coc(-c2cccs2)n1)C1CCN(c2ccc(C(F)(F)F)cc2[N+](=O)[O-])CC1. The van der Waals surface area contributed by atoms with Crippen LogP contribution in [0.25, 0.3) is 10.8 Å². The van der Waals surface area contributed by atoms with Crippen molar-refractivity contribution in [2.45, 2.75) is 25.6 Å². The summed E-state index contributed by atoms with van der Waals surface area (Å²) >= 11 is 1.47. The van der Waals surface area contributed by atoms with E-state index < -0.39 is 34.2 Å². The van der Waals surface area contributed by atoms with Crippen molar-refractivity contribution in [1.82, 2.24) is 4.98 Å². The number of carbonyl (C=O) groups is 1. The van der Waals surface area contributed by atoms with E-state index in [4.69, 9.17) is 9.15 Å². The van der Waals surface area contributed by atoms with Crippen molar-refractivity contribution in [2.75, 3.05) is 18.0 Å². The van der Waals surface area contributed by atoms with Crippen LogP contribution in [0.3, 0.4) is 0 Å². The third-order valence-corrected chi connectivity index (χ3v) is 6.17. The number of esters is 1. The van der Waals surface area contributed by atoms with Crippen molar-refractivity contribution < 1.29 is 32.0 Å². The van der Waals surface area contributed by atoms with E-state index in [2.05, 4.69) is 4.98 Å². The molecular weight excluding hydrogens is 463 g/mol. The fraction of sp³-hybridized carbons (Fsp3) is 0.333. The van der Waals surface area contributed by atoms with Gasteiger partial charge in [0.2, 0.25) is 5.89 Å². The molecule has 1 aliphatic rings. The van der Waals surface area contributed by atoms with Gasteiger partial charge in [-0.25, -0.2) is 4.98 Å². The van der Waals surface area contributed by atoms with Gasteiger partial charge in [0, 0.05) is 19.2 Å². The van der Waals surface area contributed by atoms with Crippen LogP contribution in [0.5, 0.6) is 0 Å². The minimum atomic E-state index is -4.67. The highest BCUT2D eigenvalue weighted by Crippen LogP contribution is 2.37. The first kappa shape index (κ1) is 22.8. The molecule has 8 nitrogen and oxygen atoms in total. The van der Waals surface area contributed by atoms with Gasteiger partial charge in [0.25, 0.3) is 5.69 Å². The second kappa shape index (κ2) is 9.22. The van der Waals surface area contributed by atoms with Crippen LogP contribution in [0, 0.1) is 16.0 Å². The maximum absolute atomic E-state index is 12.9. The molecule has 3 heterocycles. The number of thiophene rings is 1.